The van der Waals surface area contributed by atoms with Crippen LogP contribution in [-0.2, 0) is 29.0 Å². The summed E-state index contributed by atoms with van der Waals surface area (Å²) in [7, 11) is 1.64. The SMILES string of the molecule is COCCn1cnnc1C(C)NC(=O)c1n[nH]c2c1CCN(C(=O)C1CCC1)C2. The minimum atomic E-state index is -0.325. The number of ether oxygens (including phenoxy) is 1. The second-order valence-electron chi connectivity index (χ2n) is 7.74. The van der Waals surface area contributed by atoms with Crippen molar-refractivity contribution in [2.24, 2.45) is 5.92 Å². The van der Waals surface area contributed by atoms with Crippen molar-refractivity contribution in [3.8, 4) is 0 Å². The molecule has 3 heterocycles. The molecule has 0 spiro atoms. The molecule has 1 aliphatic heterocycles. The van der Waals surface area contributed by atoms with E-state index < -0.39 is 0 Å². The van der Waals surface area contributed by atoms with Crippen molar-refractivity contribution < 1.29 is 14.3 Å². The zero-order valence-electron chi connectivity index (χ0n) is 16.8. The zero-order chi connectivity index (χ0) is 20.4. The van der Waals surface area contributed by atoms with Crippen LogP contribution in [0.2, 0.25) is 0 Å². The molecule has 10 heteroatoms. The number of aromatic nitrogens is 5. The molecule has 156 valence electrons. The summed E-state index contributed by atoms with van der Waals surface area (Å²) in [5.74, 6) is 0.817. The maximum absolute atomic E-state index is 12.8. The summed E-state index contributed by atoms with van der Waals surface area (Å²) in [6.07, 6.45) is 5.38. The predicted molar refractivity (Wildman–Crippen MR) is 103 cm³/mol. The van der Waals surface area contributed by atoms with Gasteiger partial charge in [-0.05, 0) is 26.2 Å². The molecular weight excluding hydrogens is 374 g/mol. The van der Waals surface area contributed by atoms with E-state index in [1.165, 1.54) is 0 Å². The van der Waals surface area contributed by atoms with Crippen LogP contribution in [0.25, 0.3) is 0 Å². The Bertz CT molecular complexity index is 886. The van der Waals surface area contributed by atoms with Crippen molar-refractivity contribution in [2.45, 2.75) is 51.7 Å². The van der Waals surface area contributed by atoms with Crippen LogP contribution in [0.3, 0.4) is 0 Å². The molecule has 2 aromatic heterocycles. The molecule has 2 N–H and O–H groups in total. The Kier molecular flexibility index (Phi) is 5.61. The lowest BCUT2D eigenvalue weighted by Crippen LogP contribution is -2.42. The lowest BCUT2D eigenvalue weighted by molar-refractivity contribution is -0.139. The quantitative estimate of drug-likeness (QED) is 0.709. The van der Waals surface area contributed by atoms with Crippen LogP contribution in [0.15, 0.2) is 6.33 Å². The average molecular weight is 401 g/mol. The number of carbonyl (C=O) groups excluding carboxylic acids is 2. The highest BCUT2D eigenvalue weighted by molar-refractivity contribution is 5.94. The molecule has 1 aliphatic carbocycles. The molecule has 0 aromatic carbocycles. The second-order valence-corrected chi connectivity index (χ2v) is 7.74. The van der Waals surface area contributed by atoms with Crippen molar-refractivity contribution in [3.05, 3.63) is 29.1 Å². The van der Waals surface area contributed by atoms with E-state index >= 15 is 0 Å². The molecule has 1 unspecified atom stereocenters. The van der Waals surface area contributed by atoms with Gasteiger partial charge in [0, 0.05) is 31.7 Å². The minimum Gasteiger partial charge on any atom is -0.383 e. The van der Waals surface area contributed by atoms with Crippen LogP contribution in [0.1, 0.15) is 59.8 Å². The number of carbonyl (C=O) groups is 2. The third kappa shape index (κ3) is 3.89. The van der Waals surface area contributed by atoms with Crippen molar-refractivity contribution in [2.75, 3.05) is 20.3 Å². The first-order valence-corrected chi connectivity index (χ1v) is 10.1. The monoisotopic (exact) mass is 401 g/mol. The maximum Gasteiger partial charge on any atom is 0.272 e. The van der Waals surface area contributed by atoms with Crippen molar-refractivity contribution in [3.63, 3.8) is 0 Å². The number of rotatable bonds is 7. The first-order chi connectivity index (χ1) is 14.1. The van der Waals surface area contributed by atoms with Gasteiger partial charge in [0.2, 0.25) is 5.91 Å². The van der Waals surface area contributed by atoms with Gasteiger partial charge >= 0.3 is 0 Å². The molecule has 1 saturated carbocycles. The summed E-state index contributed by atoms with van der Waals surface area (Å²) in [4.78, 5) is 27.2. The topological polar surface area (TPSA) is 118 Å². The predicted octanol–water partition coefficient (Wildman–Crippen LogP) is 0.823. The van der Waals surface area contributed by atoms with Gasteiger partial charge in [0.15, 0.2) is 11.5 Å². The number of hydrogen-bond acceptors (Lipinski definition) is 6. The molecule has 1 fully saturated rings. The zero-order valence-corrected chi connectivity index (χ0v) is 16.8. The molecule has 4 rings (SSSR count). The number of methoxy groups -OCH3 is 1. The molecular formula is C19H27N7O3. The van der Waals surface area contributed by atoms with Gasteiger partial charge in [-0.15, -0.1) is 10.2 Å². The molecule has 0 saturated heterocycles. The molecule has 29 heavy (non-hydrogen) atoms. The van der Waals surface area contributed by atoms with Gasteiger partial charge < -0.3 is 19.5 Å². The Labute approximate surface area is 169 Å². The molecule has 10 nitrogen and oxygen atoms in total. The Balaban J connectivity index is 1.41. The first kappa shape index (κ1) is 19.6. The van der Waals surface area contributed by atoms with E-state index in [2.05, 4.69) is 25.7 Å². The highest BCUT2D eigenvalue weighted by Crippen LogP contribution is 2.30. The van der Waals surface area contributed by atoms with Crippen molar-refractivity contribution >= 4 is 11.8 Å². The lowest BCUT2D eigenvalue weighted by atomic mass is 9.84. The van der Waals surface area contributed by atoms with Gasteiger partial charge in [-0.1, -0.05) is 6.42 Å². The van der Waals surface area contributed by atoms with E-state index in [4.69, 9.17) is 4.74 Å². The first-order valence-electron chi connectivity index (χ1n) is 10.1. The number of nitrogens with one attached hydrogen (secondary N) is 2. The summed E-state index contributed by atoms with van der Waals surface area (Å²) < 4.78 is 6.96. The van der Waals surface area contributed by atoms with E-state index in [0.29, 0.717) is 44.2 Å². The fourth-order valence-corrected chi connectivity index (χ4v) is 3.90. The molecule has 2 amide bonds. The summed E-state index contributed by atoms with van der Waals surface area (Å²) >= 11 is 0. The van der Waals surface area contributed by atoms with E-state index in [0.717, 1.165) is 30.5 Å². The number of fused-ring (bicyclic) bond motifs is 1. The van der Waals surface area contributed by atoms with Crippen LogP contribution < -0.4 is 5.32 Å². The summed E-state index contributed by atoms with van der Waals surface area (Å²) in [5.41, 5.74) is 2.14. The van der Waals surface area contributed by atoms with Crippen molar-refractivity contribution in [1.82, 2.24) is 35.2 Å². The van der Waals surface area contributed by atoms with Crippen LogP contribution in [-0.4, -0.2) is 61.9 Å². The Morgan fingerprint density at radius 2 is 2.24 bits per heavy atom. The standard InChI is InChI=1S/C19H27N7O3/c1-12(17-24-20-11-26(17)8-9-29-2)21-18(27)16-14-6-7-25(10-15(14)22-23-16)19(28)13-4-3-5-13/h11-13H,3-10H2,1-2H3,(H,21,27)(H,22,23). The average Bonchev–Trinajstić information content (AvgIpc) is 3.31. The number of amides is 2. The second kappa shape index (κ2) is 8.32. The number of nitrogens with zero attached hydrogens (tertiary/aromatic N) is 5. The fourth-order valence-electron chi connectivity index (χ4n) is 3.90. The minimum absolute atomic E-state index is 0.179. The molecule has 2 aliphatic rings. The normalized spacial score (nSPS) is 17.5. The van der Waals surface area contributed by atoms with Crippen LogP contribution >= 0.6 is 0 Å². The summed E-state index contributed by atoms with van der Waals surface area (Å²) in [5, 5.41) is 18.2. The Morgan fingerprint density at radius 3 is 2.97 bits per heavy atom. The van der Waals surface area contributed by atoms with Crippen LogP contribution in [0.5, 0.6) is 0 Å². The molecule has 0 bridgehead atoms. The summed E-state index contributed by atoms with van der Waals surface area (Å²) in [6, 6.07) is -0.325. The van der Waals surface area contributed by atoms with Crippen LogP contribution in [0, 0.1) is 5.92 Å². The van der Waals surface area contributed by atoms with E-state index in [1.807, 2.05) is 16.4 Å². The van der Waals surface area contributed by atoms with Crippen molar-refractivity contribution in [1.29, 1.82) is 0 Å². The largest absolute Gasteiger partial charge is 0.383 e. The van der Waals surface area contributed by atoms with Gasteiger partial charge in [-0.25, -0.2) is 0 Å². The highest BCUT2D eigenvalue weighted by atomic mass is 16.5. The Hall–Kier alpha value is -2.75. The fraction of sp³-hybridized carbons (Fsp3) is 0.632. The highest BCUT2D eigenvalue weighted by Gasteiger charge is 2.33. The number of hydrogen-bond donors (Lipinski definition) is 2. The number of H-pyrrole nitrogens is 1. The molecule has 1 atom stereocenters. The third-order valence-electron chi connectivity index (χ3n) is 5.83. The van der Waals surface area contributed by atoms with E-state index in [-0.39, 0.29) is 23.8 Å². The van der Waals surface area contributed by atoms with Gasteiger partial charge in [-0.2, -0.15) is 5.10 Å². The summed E-state index contributed by atoms with van der Waals surface area (Å²) in [6.45, 7) is 4.13. The van der Waals surface area contributed by atoms with E-state index in [1.54, 1.807) is 13.4 Å². The van der Waals surface area contributed by atoms with Gasteiger partial charge in [0.05, 0.1) is 24.9 Å². The molecule has 2 aromatic rings. The van der Waals surface area contributed by atoms with E-state index in [9.17, 15) is 9.59 Å². The maximum atomic E-state index is 12.8. The van der Waals surface area contributed by atoms with Gasteiger partial charge in [0.25, 0.3) is 5.91 Å². The lowest BCUT2D eigenvalue weighted by Gasteiger charge is -2.33. The molecule has 0 radical (unpaired) electrons. The van der Waals surface area contributed by atoms with Gasteiger partial charge in [-0.3, -0.25) is 14.7 Å². The van der Waals surface area contributed by atoms with Gasteiger partial charge in [0.1, 0.15) is 6.33 Å². The number of aromatic amines is 1. The third-order valence-corrected chi connectivity index (χ3v) is 5.83. The smallest absolute Gasteiger partial charge is 0.272 e. The van der Waals surface area contributed by atoms with Crippen LogP contribution in [0.4, 0.5) is 0 Å². The Morgan fingerprint density at radius 1 is 1.41 bits per heavy atom.